The van der Waals surface area contributed by atoms with Gasteiger partial charge in [0.2, 0.25) is 0 Å². The number of halogens is 1. The molecule has 0 fully saturated rings. The van der Waals surface area contributed by atoms with Gasteiger partial charge in [-0.15, -0.1) is 0 Å². The van der Waals surface area contributed by atoms with Crippen LogP contribution < -0.4 is 5.32 Å². The number of hydrogen-bond donors (Lipinski definition) is 1. The first kappa shape index (κ1) is 17.3. The largest absolute Gasteiger partial charge is 0.343 e. The summed E-state index contributed by atoms with van der Waals surface area (Å²) in [4.78, 5) is 12.9. The maximum atomic E-state index is 12.9. The summed E-state index contributed by atoms with van der Waals surface area (Å²) < 4.78 is 2.06. The number of rotatable bonds is 1. The minimum Gasteiger partial charge on any atom is -0.343 e. The van der Waals surface area contributed by atoms with Crippen LogP contribution in [-0.2, 0) is 10.3 Å². The van der Waals surface area contributed by atoms with Crippen molar-refractivity contribution in [3.63, 3.8) is 0 Å². The second-order valence-corrected chi connectivity index (χ2v) is 8.65. The summed E-state index contributed by atoms with van der Waals surface area (Å²) in [5.74, 6) is 1.18. The molecule has 0 amide bonds. The Kier molecular flexibility index (Phi) is 3.99. The minimum absolute atomic E-state index is 0.0811. The fourth-order valence-corrected chi connectivity index (χ4v) is 4.22. The van der Waals surface area contributed by atoms with Crippen molar-refractivity contribution in [3.05, 3.63) is 57.4 Å². The third kappa shape index (κ3) is 2.67. The fraction of sp³-hybridized carbons (Fsp3) is 0.429. The molecule has 1 aliphatic carbocycles. The van der Waals surface area contributed by atoms with Crippen molar-refractivity contribution in [1.29, 1.82) is 0 Å². The Bertz CT molecular complexity index is 916. The molecule has 2 aromatic rings. The summed E-state index contributed by atoms with van der Waals surface area (Å²) >= 11 is 6.10. The van der Waals surface area contributed by atoms with E-state index in [1.54, 1.807) is 0 Å². The highest BCUT2D eigenvalue weighted by molar-refractivity contribution is 6.30. The molecule has 1 N–H and O–H groups in total. The molecular formula is C21H24ClN3O. The van der Waals surface area contributed by atoms with E-state index in [9.17, 15) is 4.79 Å². The Labute approximate surface area is 159 Å². The zero-order valence-electron chi connectivity index (χ0n) is 15.7. The molecule has 0 unspecified atom stereocenters. The number of nitrogens with one attached hydrogen (secondary N) is 1. The van der Waals surface area contributed by atoms with E-state index in [0.29, 0.717) is 11.4 Å². The van der Waals surface area contributed by atoms with Gasteiger partial charge in [0.1, 0.15) is 5.82 Å². The zero-order chi connectivity index (χ0) is 18.6. The molecule has 26 heavy (non-hydrogen) atoms. The van der Waals surface area contributed by atoms with Crippen LogP contribution in [0.3, 0.4) is 0 Å². The van der Waals surface area contributed by atoms with E-state index in [4.69, 9.17) is 16.7 Å². The van der Waals surface area contributed by atoms with E-state index in [2.05, 4.69) is 30.8 Å². The highest BCUT2D eigenvalue weighted by Crippen LogP contribution is 2.47. The van der Waals surface area contributed by atoms with Crippen molar-refractivity contribution in [1.82, 2.24) is 9.78 Å². The number of anilines is 1. The lowest BCUT2D eigenvalue weighted by Gasteiger charge is -2.34. The van der Waals surface area contributed by atoms with Gasteiger partial charge >= 0.3 is 0 Å². The van der Waals surface area contributed by atoms with Gasteiger partial charge in [0.15, 0.2) is 5.78 Å². The predicted molar refractivity (Wildman–Crippen MR) is 105 cm³/mol. The average molecular weight is 370 g/mol. The highest BCUT2D eigenvalue weighted by atomic mass is 35.5. The van der Waals surface area contributed by atoms with Gasteiger partial charge in [0.25, 0.3) is 0 Å². The van der Waals surface area contributed by atoms with E-state index in [1.807, 2.05) is 31.2 Å². The number of allylic oxidation sites excluding steroid dienone is 2. The van der Waals surface area contributed by atoms with Crippen LogP contribution in [0, 0.1) is 6.92 Å². The number of Topliss-reactive ketones (excluding diaryl/α,β-unsaturated/α-hetero) is 1. The van der Waals surface area contributed by atoms with E-state index in [1.165, 1.54) is 0 Å². The SMILES string of the molecule is Cc1nn(C(C)(C)C)c2c1[C@H](c1ccc(Cl)cc1)C1=C(CCCC1=O)N2. The highest BCUT2D eigenvalue weighted by Gasteiger charge is 2.39. The van der Waals surface area contributed by atoms with Gasteiger partial charge in [0.05, 0.1) is 11.2 Å². The molecule has 1 atom stereocenters. The normalized spacial score (nSPS) is 19.9. The third-order valence-corrected chi connectivity index (χ3v) is 5.50. The fourth-order valence-electron chi connectivity index (χ4n) is 4.09. The van der Waals surface area contributed by atoms with Gasteiger partial charge < -0.3 is 5.32 Å². The van der Waals surface area contributed by atoms with E-state index >= 15 is 0 Å². The lowest BCUT2D eigenvalue weighted by molar-refractivity contribution is -0.116. The van der Waals surface area contributed by atoms with Crippen LogP contribution in [0.2, 0.25) is 5.02 Å². The molecule has 2 aliphatic rings. The molecule has 0 bridgehead atoms. The number of benzene rings is 1. The van der Waals surface area contributed by atoms with Crippen LogP contribution in [0.15, 0.2) is 35.5 Å². The monoisotopic (exact) mass is 369 g/mol. The number of carbonyl (C=O) groups excluding carboxylic acids is 1. The summed E-state index contributed by atoms with van der Waals surface area (Å²) in [5.41, 5.74) is 4.98. The van der Waals surface area contributed by atoms with Gasteiger partial charge in [-0.05, 0) is 58.2 Å². The van der Waals surface area contributed by atoms with Gasteiger partial charge in [-0.25, -0.2) is 4.68 Å². The Morgan fingerprint density at radius 1 is 1.19 bits per heavy atom. The summed E-state index contributed by atoms with van der Waals surface area (Å²) in [7, 11) is 0. The second kappa shape index (κ2) is 5.98. The quantitative estimate of drug-likeness (QED) is 0.754. The van der Waals surface area contributed by atoms with Crippen LogP contribution in [0.25, 0.3) is 0 Å². The Morgan fingerprint density at radius 3 is 2.54 bits per heavy atom. The van der Waals surface area contributed by atoms with Crippen molar-refractivity contribution >= 4 is 23.2 Å². The predicted octanol–water partition coefficient (Wildman–Crippen LogP) is 5.16. The van der Waals surface area contributed by atoms with Crippen LogP contribution in [0.1, 0.15) is 62.8 Å². The van der Waals surface area contributed by atoms with Crippen molar-refractivity contribution < 1.29 is 4.79 Å². The second-order valence-electron chi connectivity index (χ2n) is 8.21. The average Bonchev–Trinajstić information content (AvgIpc) is 2.91. The molecule has 4 rings (SSSR count). The Morgan fingerprint density at radius 2 is 1.88 bits per heavy atom. The van der Waals surface area contributed by atoms with Gasteiger partial charge in [-0.3, -0.25) is 4.79 Å². The number of aromatic nitrogens is 2. The molecule has 0 radical (unpaired) electrons. The number of ketones is 1. The van der Waals surface area contributed by atoms with Crippen LogP contribution >= 0.6 is 11.6 Å². The van der Waals surface area contributed by atoms with E-state index in [0.717, 1.165) is 46.8 Å². The molecule has 0 saturated carbocycles. The molecule has 2 heterocycles. The minimum atomic E-state index is -0.146. The lowest BCUT2D eigenvalue weighted by Crippen LogP contribution is -2.30. The van der Waals surface area contributed by atoms with Gasteiger partial charge in [-0.1, -0.05) is 23.7 Å². The maximum Gasteiger partial charge on any atom is 0.161 e. The molecule has 1 aliphatic heterocycles. The molecule has 4 nitrogen and oxygen atoms in total. The summed E-state index contributed by atoms with van der Waals surface area (Å²) in [6.07, 6.45) is 2.42. The smallest absolute Gasteiger partial charge is 0.161 e. The van der Waals surface area contributed by atoms with Gasteiger partial charge in [0, 0.05) is 34.2 Å². The molecule has 0 saturated heterocycles. The van der Waals surface area contributed by atoms with E-state index < -0.39 is 0 Å². The Balaban J connectivity index is 1.98. The number of fused-ring (bicyclic) bond motifs is 1. The number of nitrogens with zero attached hydrogens (tertiary/aromatic N) is 2. The van der Waals surface area contributed by atoms with Crippen molar-refractivity contribution in [3.8, 4) is 0 Å². The summed E-state index contributed by atoms with van der Waals surface area (Å²) in [5, 5.41) is 9.10. The topological polar surface area (TPSA) is 46.9 Å². The maximum absolute atomic E-state index is 12.9. The van der Waals surface area contributed by atoms with Crippen molar-refractivity contribution in [2.45, 2.75) is 58.4 Å². The van der Waals surface area contributed by atoms with Crippen LogP contribution in [0.5, 0.6) is 0 Å². The molecule has 5 heteroatoms. The number of hydrogen-bond acceptors (Lipinski definition) is 3. The lowest BCUT2D eigenvalue weighted by atomic mass is 9.76. The zero-order valence-corrected chi connectivity index (χ0v) is 16.4. The molecule has 1 aromatic heterocycles. The number of aryl methyl sites for hydroxylation is 1. The number of carbonyl (C=O) groups is 1. The first-order valence-corrected chi connectivity index (χ1v) is 9.54. The first-order valence-electron chi connectivity index (χ1n) is 9.16. The summed E-state index contributed by atoms with van der Waals surface area (Å²) in [6, 6.07) is 7.86. The molecular weight excluding hydrogens is 346 g/mol. The van der Waals surface area contributed by atoms with E-state index in [-0.39, 0.29) is 17.2 Å². The van der Waals surface area contributed by atoms with Crippen LogP contribution in [-0.4, -0.2) is 15.6 Å². The van der Waals surface area contributed by atoms with Crippen LogP contribution in [0.4, 0.5) is 5.82 Å². The first-order chi connectivity index (χ1) is 12.3. The summed E-state index contributed by atoms with van der Waals surface area (Å²) in [6.45, 7) is 8.47. The van der Waals surface area contributed by atoms with Crippen molar-refractivity contribution in [2.24, 2.45) is 0 Å². The standard InChI is InChI=1S/C21H24ClN3O/c1-12-17-18(13-8-10-14(22)11-9-13)19-15(6-5-7-16(19)26)23-20(17)25(24-12)21(2,3)4/h8-11,18,23H,5-7H2,1-4H3/t18-/m0/s1. The molecule has 136 valence electrons. The van der Waals surface area contributed by atoms with Crippen molar-refractivity contribution in [2.75, 3.05) is 5.32 Å². The van der Waals surface area contributed by atoms with Gasteiger partial charge in [-0.2, -0.15) is 5.10 Å². The Hall–Kier alpha value is -2.07. The molecule has 1 aromatic carbocycles. The molecule has 0 spiro atoms. The third-order valence-electron chi connectivity index (χ3n) is 5.25.